The van der Waals surface area contributed by atoms with Crippen molar-refractivity contribution in [3.05, 3.63) is 269 Å². The van der Waals surface area contributed by atoms with E-state index in [1.165, 1.54) is 139 Å². The van der Waals surface area contributed by atoms with Gasteiger partial charge in [0.05, 0.1) is 0 Å². The van der Waals surface area contributed by atoms with Crippen LogP contribution in [0.5, 0.6) is 0 Å². The Morgan fingerprint density at radius 1 is 0.289 bits per heavy atom. The van der Waals surface area contributed by atoms with Gasteiger partial charge in [0.15, 0.2) is 0 Å². The molecule has 2 spiro atoms. The Morgan fingerprint density at radius 3 is 0.737 bits per heavy atom. The van der Waals surface area contributed by atoms with Gasteiger partial charge in [-0.1, -0.05) is 0 Å². The molecule has 2 saturated heterocycles. The molecule has 9 aromatic rings. The molecule has 14 rings (SSSR count). The normalized spacial score (nSPS) is 18.8. The summed E-state index contributed by atoms with van der Waals surface area (Å²) in [4.78, 5) is 0. The molecule has 2 aliphatic heterocycles. The van der Waals surface area contributed by atoms with Crippen molar-refractivity contribution in [3.63, 3.8) is 0 Å². The molecule has 2 fully saturated rings. The van der Waals surface area contributed by atoms with Gasteiger partial charge in [0, 0.05) is 0 Å². The summed E-state index contributed by atoms with van der Waals surface area (Å²) >= 11 is -9.46. The van der Waals surface area contributed by atoms with Gasteiger partial charge in [-0.15, -0.1) is 0 Å². The van der Waals surface area contributed by atoms with E-state index < -0.39 is 35.7 Å². The number of fused-ring (bicyclic) bond motifs is 16. The second-order valence-corrected chi connectivity index (χ2v) is 37.8. The Hall–Kier alpha value is -6.59. The zero-order chi connectivity index (χ0) is 52.5. The number of benzene rings is 9. The average molecular weight is 1110 g/mol. The molecule has 0 amide bonds. The van der Waals surface area contributed by atoms with Crippen molar-refractivity contribution in [1.29, 1.82) is 0 Å². The van der Waals surface area contributed by atoms with E-state index in [0.717, 1.165) is 11.5 Å². The molecule has 374 valence electrons. The summed E-state index contributed by atoms with van der Waals surface area (Å²) in [6.45, 7) is 28.3. The van der Waals surface area contributed by atoms with Crippen molar-refractivity contribution in [2.75, 3.05) is 0 Å². The summed E-state index contributed by atoms with van der Waals surface area (Å²) in [5.41, 5.74) is 26.7. The van der Waals surface area contributed by atoms with E-state index >= 15 is 0 Å². The van der Waals surface area contributed by atoms with Gasteiger partial charge < -0.3 is 0 Å². The van der Waals surface area contributed by atoms with Crippen molar-refractivity contribution < 1.29 is 7.53 Å². The molecule has 2 atom stereocenters. The maximum atomic E-state index is 9.16. The summed E-state index contributed by atoms with van der Waals surface area (Å²) in [5.74, 6) is 1.89. The van der Waals surface area contributed by atoms with Gasteiger partial charge in [-0.2, -0.15) is 0 Å². The Bertz CT molecular complexity index is 3620. The van der Waals surface area contributed by atoms with Gasteiger partial charge in [-0.25, -0.2) is 0 Å². The van der Waals surface area contributed by atoms with Crippen molar-refractivity contribution in [2.24, 2.45) is 11.8 Å². The van der Waals surface area contributed by atoms with Gasteiger partial charge >= 0.3 is 459 Å². The minimum absolute atomic E-state index is 0.203. The molecular weight excluding hydrogens is 1040 g/mol. The molecule has 2 unspecified atom stereocenters. The monoisotopic (exact) mass is 1110 g/mol. The third kappa shape index (κ3) is 5.70. The number of hydrogen-bond donors (Lipinski definition) is 0. The molecule has 0 bridgehead atoms. The van der Waals surface area contributed by atoms with Crippen LogP contribution in [-0.2, 0) is 16.0 Å². The van der Waals surface area contributed by atoms with Crippen molar-refractivity contribution >= 4 is 56.3 Å². The molecule has 0 N–H and O–H groups in total. The summed E-state index contributed by atoms with van der Waals surface area (Å²) in [6, 6.07) is 67.4. The van der Waals surface area contributed by atoms with Crippen molar-refractivity contribution in [2.45, 2.75) is 91.6 Å². The van der Waals surface area contributed by atoms with Crippen LogP contribution in [0.25, 0.3) is 33.8 Å². The van der Waals surface area contributed by atoms with E-state index in [4.69, 9.17) is 7.53 Å². The van der Waals surface area contributed by atoms with Crippen LogP contribution in [0, 0.1) is 94.9 Å². The predicted molar refractivity (Wildman–Crippen MR) is 320 cm³/mol. The van der Waals surface area contributed by atoms with Crippen LogP contribution in [0.15, 0.2) is 170 Å². The third-order valence-electron chi connectivity index (χ3n) is 19.0. The number of rotatable bonds is 4. The van der Waals surface area contributed by atoms with E-state index in [-0.39, 0.29) is 11.8 Å². The second kappa shape index (κ2) is 16.5. The van der Waals surface area contributed by atoms with Crippen molar-refractivity contribution in [3.8, 4) is 22.3 Å². The quantitative estimate of drug-likeness (QED) is 0.164. The van der Waals surface area contributed by atoms with Gasteiger partial charge in [0.25, 0.3) is 0 Å². The molecule has 5 aliphatic rings. The van der Waals surface area contributed by atoms with Gasteiger partial charge in [0.2, 0.25) is 0 Å². The van der Waals surface area contributed by atoms with Crippen LogP contribution in [-0.4, -0.2) is 27.2 Å². The topological polar surface area (TPSA) is 18.5 Å². The van der Waals surface area contributed by atoms with Crippen LogP contribution in [0.2, 0.25) is 0 Å². The van der Waals surface area contributed by atoms with E-state index in [0.29, 0.717) is 0 Å². The summed E-state index contributed by atoms with van der Waals surface area (Å²) in [6.07, 6.45) is 0. The molecule has 76 heavy (non-hydrogen) atoms. The van der Waals surface area contributed by atoms with E-state index in [1.807, 2.05) is 0 Å². The Kier molecular flexibility index (Phi) is 10.4. The summed E-state index contributed by atoms with van der Waals surface area (Å²) in [5, 5.41) is 2.36. The van der Waals surface area contributed by atoms with Gasteiger partial charge in [0.1, 0.15) is 0 Å². The Labute approximate surface area is 455 Å². The summed E-state index contributed by atoms with van der Waals surface area (Å²) < 4.78 is 22.7. The molecular formula is C72H66Ge2O2. The zero-order valence-corrected chi connectivity index (χ0v) is 50.3. The van der Waals surface area contributed by atoms with E-state index in [9.17, 15) is 0 Å². The second-order valence-electron chi connectivity index (χ2n) is 23.7. The SMILES string of the molecule is Cc1cc(C)[c]([Ge]2([c]3c(C)cc(C)cc3C)[O]C3=c4ccccc4=C4[O][Ge]([c]5c(C)cc(C)cc5C)([c]5c(C)cc(C)cc5C)[C]5(c6ccccc6-c6ccccc65)C4C3[C]23c2ccccc2-c2ccccc23)c(C)c1. The molecule has 3 aliphatic carbocycles. The first kappa shape index (κ1) is 47.8. The first-order valence-electron chi connectivity index (χ1n) is 27.6. The number of aryl methyl sites for hydroxylation is 12. The predicted octanol–water partition coefficient (Wildman–Crippen LogP) is 12.4. The van der Waals surface area contributed by atoms with Crippen LogP contribution < -0.4 is 28.0 Å². The molecule has 4 heteroatoms. The zero-order valence-electron chi connectivity index (χ0n) is 46.1. The molecule has 2 heterocycles. The van der Waals surface area contributed by atoms with E-state index in [1.54, 1.807) is 0 Å². The fourth-order valence-electron chi connectivity index (χ4n) is 17.8. The minimum atomic E-state index is -4.73. The van der Waals surface area contributed by atoms with E-state index in [2.05, 4.69) is 253 Å². The summed E-state index contributed by atoms with van der Waals surface area (Å²) in [7, 11) is 0. The van der Waals surface area contributed by atoms with Crippen molar-refractivity contribution in [1.82, 2.24) is 0 Å². The maximum absolute atomic E-state index is 9.16. The molecule has 0 aromatic heterocycles. The first-order chi connectivity index (χ1) is 36.6. The van der Waals surface area contributed by atoms with Crippen LogP contribution >= 0.6 is 0 Å². The molecule has 0 radical (unpaired) electrons. The fourth-order valence-corrected chi connectivity index (χ4v) is 44.7. The third-order valence-corrected chi connectivity index (χ3v) is 42.0. The molecule has 0 saturated carbocycles. The number of hydrogen-bond acceptors (Lipinski definition) is 2. The van der Waals surface area contributed by atoms with Gasteiger partial charge in [-0.3, -0.25) is 0 Å². The van der Waals surface area contributed by atoms with Crippen LogP contribution in [0.4, 0.5) is 0 Å². The average Bonchev–Trinajstić information content (AvgIpc) is 4.24. The Morgan fingerprint density at radius 2 is 0.500 bits per heavy atom. The fraction of sp³-hybridized carbons (Fsp3) is 0.222. The van der Waals surface area contributed by atoms with Gasteiger partial charge in [-0.05, 0) is 0 Å². The molecule has 2 nitrogen and oxygen atoms in total. The van der Waals surface area contributed by atoms with Crippen LogP contribution in [0.3, 0.4) is 0 Å². The first-order valence-corrected chi connectivity index (χ1v) is 35.6. The Balaban J connectivity index is 1.30. The standard InChI is InChI=1S/C72H66Ge2O2/c1-41-33-45(5)65(46(6)34-41)73(66-47(7)35-42(2)36-48(66)8)71(59-29-19-15-23-53(59)54-24-16-20-30-60(54)71)63-64-70(58-28-14-13-27-57(58)69(63)75-73)76-74(67-49(9)37-43(3)38-50(67)10,68-51(11)39-44(4)40-52(68)12)72(64)61-31-21-17-25-55(61)56-26-18-22-32-62(56)72/h13-40,63-64H,1-12H3. The molecule has 9 aromatic carbocycles. The van der Waals surface area contributed by atoms with Crippen LogP contribution in [0.1, 0.15) is 89.0 Å².